The van der Waals surface area contributed by atoms with E-state index in [1.807, 2.05) is 65.6 Å². The number of rotatable bonds is 3. The van der Waals surface area contributed by atoms with Crippen LogP contribution in [-0.4, -0.2) is 5.96 Å². The molecule has 19 heavy (non-hydrogen) atoms. The average Bonchev–Trinajstić information content (AvgIpc) is 2.46. The van der Waals surface area contributed by atoms with Gasteiger partial charge in [-0.3, -0.25) is 0 Å². The Hall–Kier alpha value is -1.76. The molecule has 0 aromatic heterocycles. The van der Waals surface area contributed by atoms with Crippen LogP contribution in [0.2, 0.25) is 0 Å². The molecule has 0 radical (unpaired) electrons. The number of anilines is 1. The Morgan fingerprint density at radius 3 is 2.00 bits per heavy atom. The molecular weight excluding hydrogens is 351 g/mol. The molecule has 0 aliphatic heterocycles. The monoisotopic (exact) mass is 368 g/mol. The third-order valence-corrected chi connectivity index (χ3v) is 2.66. The van der Waals surface area contributed by atoms with Gasteiger partial charge in [-0.2, -0.15) is 0 Å². The quantitative estimate of drug-likeness (QED) is 0.288. The fourth-order valence-electron chi connectivity index (χ4n) is 1.75. The van der Waals surface area contributed by atoms with Crippen molar-refractivity contribution in [2.45, 2.75) is 6.54 Å². The number of halogens is 1. The van der Waals surface area contributed by atoms with E-state index in [2.05, 4.69) is 5.10 Å². The third-order valence-electron chi connectivity index (χ3n) is 2.66. The molecule has 0 saturated heterocycles. The third kappa shape index (κ3) is 4.13. The zero-order valence-electron chi connectivity index (χ0n) is 10.4. The van der Waals surface area contributed by atoms with Gasteiger partial charge in [0.15, 0.2) is 0 Å². The summed E-state index contributed by atoms with van der Waals surface area (Å²) in [5.74, 6) is 5.58. The predicted molar refractivity (Wildman–Crippen MR) is 90.3 cm³/mol. The van der Waals surface area contributed by atoms with E-state index in [0.29, 0.717) is 12.5 Å². The van der Waals surface area contributed by atoms with Gasteiger partial charge in [-0.05, 0) is 17.7 Å². The number of guanidine groups is 1. The lowest BCUT2D eigenvalue weighted by atomic mass is 10.2. The first-order chi connectivity index (χ1) is 8.81. The number of para-hydroxylation sites is 1. The van der Waals surface area contributed by atoms with Crippen LogP contribution in [0.1, 0.15) is 5.56 Å². The molecule has 4 nitrogen and oxygen atoms in total. The van der Waals surface area contributed by atoms with Gasteiger partial charge in [0.05, 0.1) is 6.54 Å². The molecule has 0 bridgehead atoms. The normalized spacial score (nSPS) is 10.6. The first-order valence-electron chi connectivity index (χ1n) is 5.71. The van der Waals surface area contributed by atoms with Crippen LogP contribution < -0.4 is 16.5 Å². The first-order valence-corrected chi connectivity index (χ1v) is 5.71. The van der Waals surface area contributed by atoms with Crippen molar-refractivity contribution >= 4 is 35.6 Å². The van der Waals surface area contributed by atoms with Crippen LogP contribution >= 0.6 is 24.0 Å². The maximum Gasteiger partial charge on any atom is 0.218 e. The van der Waals surface area contributed by atoms with E-state index in [1.54, 1.807) is 0 Å². The second-order valence-corrected chi connectivity index (χ2v) is 3.89. The molecule has 4 N–H and O–H groups in total. The van der Waals surface area contributed by atoms with Crippen molar-refractivity contribution < 1.29 is 0 Å². The smallest absolute Gasteiger partial charge is 0.218 e. The molecule has 0 unspecified atom stereocenters. The van der Waals surface area contributed by atoms with Crippen molar-refractivity contribution in [2.75, 3.05) is 4.90 Å². The molecule has 0 spiro atoms. The molecule has 0 amide bonds. The predicted octanol–water partition coefficient (Wildman–Crippen LogP) is 2.50. The largest absolute Gasteiger partial charge is 0.368 e. The molecule has 0 heterocycles. The van der Waals surface area contributed by atoms with E-state index in [1.165, 1.54) is 0 Å². The lowest BCUT2D eigenvalue weighted by molar-refractivity contribution is 0.980. The summed E-state index contributed by atoms with van der Waals surface area (Å²) >= 11 is 0. The van der Waals surface area contributed by atoms with E-state index in [4.69, 9.17) is 11.6 Å². The first kappa shape index (κ1) is 15.3. The van der Waals surface area contributed by atoms with Crippen molar-refractivity contribution in [1.82, 2.24) is 0 Å². The van der Waals surface area contributed by atoms with Crippen molar-refractivity contribution in [3.8, 4) is 0 Å². The number of hydrogen-bond donors (Lipinski definition) is 2. The number of hydrazone groups is 1. The summed E-state index contributed by atoms with van der Waals surface area (Å²) in [7, 11) is 0. The zero-order valence-corrected chi connectivity index (χ0v) is 12.8. The average molecular weight is 368 g/mol. The summed E-state index contributed by atoms with van der Waals surface area (Å²) < 4.78 is 0. The van der Waals surface area contributed by atoms with Crippen LogP contribution in [0.3, 0.4) is 0 Å². The van der Waals surface area contributed by atoms with Crippen molar-refractivity contribution in [2.24, 2.45) is 16.7 Å². The summed E-state index contributed by atoms with van der Waals surface area (Å²) in [5, 5.41) is 3.58. The number of nitrogens with zero attached hydrogens (tertiary/aromatic N) is 2. The molecule has 0 aliphatic carbocycles. The van der Waals surface area contributed by atoms with E-state index >= 15 is 0 Å². The Morgan fingerprint density at radius 2 is 1.47 bits per heavy atom. The lowest BCUT2D eigenvalue weighted by Gasteiger charge is -2.23. The lowest BCUT2D eigenvalue weighted by Crippen LogP contribution is -2.37. The van der Waals surface area contributed by atoms with Crippen molar-refractivity contribution in [1.29, 1.82) is 0 Å². The molecule has 5 heteroatoms. The highest BCUT2D eigenvalue weighted by molar-refractivity contribution is 14.0. The SMILES string of the molecule is I.N/N=C(\N)N(Cc1ccccc1)c1ccccc1. The van der Waals surface area contributed by atoms with Gasteiger partial charge in [0.2, 0.25) is 5.96 Å². The maximum atomic E-state index is 5.85. The Bertz CT molecular complexity index is 513. The van der Waals surface area contributed by atoms with Crippen LogP contribution in [0, 0.1) is 0 Å². The fourth-order valence-corrected chi connectivity index (χ4v) is 1.75. The highest BCUT2D eigenvalue weighted by Gasteiger charge is 2.10. The topological polar surface area (TPSA) is 67.6 Å². The van der Waals surface area contributed by atoms with Crippen LogP contribution in [0.25, 0.3) is 0 Å². The van der Waals surface area contributed by atoms with E-state index in [0.717, 1.165) is 11.3 Å². The fraction of sp³-hybridized carbons (Fsp3) is 0.0714. The van der Waals surface area contributed by atoms with Gasteiger partial charge in [-0.1, -0.05) is 48.5 Å². The Labute approximate surface area is 130 Å². The Balaban J connectivity index is 0.00000180. The van der Waals surface area contributed by atoms with Gasteiger partial charge >= 0.3 is 0 Å². The van der Waals surface area contributed by atoms with Crippen LogP contribution in [0.5, 0.6) is 0 Å². The minimum atomic E-state index is 0. The second kappa shape index (κ2) is 7.63. The highest BCUT2D eigenvalue weighted by Crippen LogP contribution is 2.16. The summed E-state index contributed by atoms with van der Waals surface area (Å²) in [6, 6.07) is 19.9. The molecule has 2 aromatic carbocycles. The van der Waals surface area contributed by atoms with E-state index in [9.17, 15) is 0 Å². The van der Waals surface area contributed by atoms with Crippen molar-refractivity contribution in [3.63, 3.8) is 0 Å². The van der Waals surface area contributed by atoms with E-state index < -0.39 is 0 Å². The van der Waals surface area contributed by atoms with Crippen LogP contribution in [0.15, 0.2) is 65.8 Å². The number of hydrogen-bond acceptors (Lipinski definition) is 2. The number of benzene rings is 2. The summed E-state index contributed by atoms with van der Waals surface area (Å²) in [6.45, 7) is 0.636. The molecule has 0 aliphatic rings. The second-order valence-electron chi connectivity index (χ2n) is 3.89. The molecule has 2 aromatic rings. The Morgan fingerprint density at radius 1 is 0.947 bits per heavy atom. The van der Waals surface area contributed by atoms with Gasteiger partial charge < -0.3 is 16.5 Å². The molecule has 0 atom stereocenters. The number of nitrogens with two attached hydrogens (primary N) is 2. The van der Waals surface area contributed by atoms with Crippen LogP contribution in [-0.2, 0) is 6.54 Å². The molecule has 0 saturated carbocycles. The van der Waals surface area contributed by atoms with E-state index in [-0.39, 0.29) is 24.0 Å². The van der Waals surface area contributed by atoms with Crippen molar-refractivity contribution in [3.05, 3.63) is 66.2 Å². The summed E-state index contributed by atoms with van der Waals surface area (Å²) in [6.07, 6.45) is 0. The van der Waals surface area contributed by atoms with Crippen LogP contribution in [0.4, 0.5) is 5.69 Å². The van der Waals surface area contributed by atoms with Gasteiger partial charge in [0, 0.05) is 5.69 Å². The zero-order chi connectivity index (χ0) is 12.8. The highest BCUT2D eigenvalue weighted by atomic mass is 127. The van der Waals surface area contributed by atoms with Gasteiger partial charge in [-0.25, -0.2) is 0 Å². The van der Waals surface area contributed by atoms with Gasteiger partial charge in [-0.15, -0.1) is 29.1 Å². The standard InChI is InChI=1S/C14H16N4.HI/c15-14(17-16)18(13-9-5-2-6-10-13)11-12-7-3-1-4-8-12;/h1-10H,11,16H2,(H2,15,17);1H. The van der Waals surface area contributed by atoms with Gasteiger partial charge in [0.1, 0.15) is 0 Å². The summed E-state index contributed by atoms with van der Waals surface area (Å²) in [4.78, 5) is 1.87. The maximum absolute atomic E-state index is 5.85. The minimum absolute atomic E-state index is 0. The summed E-state index contributed by atoms with van der Waals surface area (Å²) in [5.41, 5.74) is 7.96. The minimum Gasteiger partial charge on any atom is -0.368 e. The molecular formula is C14H17IN4. The molecule has 0 fully saturated rings. The molecule has 100 valence electrons. The Kier molecular flexibility index (Phi) is 6.14. The van der Waals surface area contributed by atoms with Gasteiger partial charge in [0.25, 0.3) is 0 Å². The molecule has 2 rings (SSSR count).